The van der Waals surface area contributed by atoms with Gasteiger partial charge in [-0.1, -0.05) is 30.3 Å². The van der Waals surface area contributed by atoms with E-state index in [1.165, 1.54) is 0 Å². The van der Waals surface area contributed by atoms with Gasteiger partial charge in [0.1, 0.15) is 0 Å². The molecule has 8 nitrogen and oxygen atoms in total. The second-order valence-electron chi connectivity index (χ2n) is 8.19. The number of fused-ring (bicyclic) bond motifs is 1. The lowest BCUT2D eigenvalue weighted by molar-refractivity contribution is -0.144. The van der Waals surface area contributed by atoms with Crippen molar-refractivity contribution in [2.45, 2.75) is 46.0 Å². The van der Waals surface area contributed by atoms with Crippen molar-refractivity contribution < 1.29 is 18.0 Å². The Morgan fingerprint density at radius 2 is 1.82 bits per heavy atom. The topological polar surface area (TPSA) is 81.2 Å². The van der Waals surface area contributed by atoms with Crippen molar-refractivity contribution in [3.63, 3.8) is 0 Å². The monoisotopic (exact) mass is 471 g/mol. The first-order valence-corrected chi connectivity index (χ1v) is 10.7. The fourth-order valence-electron chi connectivity index (χ4n) is 3.82. The predicted octanol–water partition coefficient (Wildman–Crippen LogP) is 3.60. The van der Waals surface area contributed by atoms with Gasteiger partial charge in [0.15, 0.2) is 0 Å². The minimum absolute atomic E-state index is 0.0933. The first kappa shape index (κ1) is 23.4. The van der Waals surface area contributed by atoms with Gasteiger partial charge in [0.05, 0.1) is 12.7 Å². The van der Waals surface area contributed by atoms with Crippen molar-refractivity contribution in [3.8, 4) is 0 Å². The number of amides is 1. The molecule has 0 saturated carbocycles. The second-order valence-corrected chi connectivity index (χ2v) is 8.19. The summed E-state index contributed by atoms with van der Waals surface area (Å²) in [6.45, 7) is 4.40. The van der Waals surface area contributed by atoms with Crippen LogP contribution in [0.15, 0.2) is 42.7 Å². The first-order chi connectivity index (χ1) is 16.1. The second kappa shape index (κ2) is 9.24. The van der Waals surface area contributed by atoms with Crippen LogP contribution in [0.2, 0.25) is 0 Å². The van der Waals surface area contributed by atoms with Crippen LogP contribution in [0.3, 0.4) is 0 Å². The molecule has 0 unspecified atom stereocenters. The summed E-state index contributed by atoms with van der Waals surface area (Å²) in [7, 11) is 1.71. The van der Waals surface area contributed by atoms with Crippen LogP contribution in [0.25, 0.3) is 5.78 Å². The molecule has 0 aliphatic carbocycles. The fourth-order valence-corrected chi connectivity index (χ4v) is 3.82. The molecule has 1 aromatic carbocycles. The van der Waals surface area contributed by atoms with Gasteiger partial charge >= 0.3 is 6.18 Å². The van der Waals surface area contributed by atoms with Gasteiger partial charge in [0, 0.05) is 43.2 Å². The number of rotatable bonds is 7. The standard InChI is InChI=1S/C23H24F3N7O/c1-15-19(16(2)33-22(28-15)29-21(30-33)23(24,25)26)9-10-20(34)31(3)12-18-11-27-32(14-18)13-17-7-5-4-6-8-17/h4-8,11,14H,9-10,12-13H2,1-3H3. The Bertz CT molecular complexity index is 1310. The van der Waals surface area contributed by atoms with Crippen molar-refractivity contribution in [3.05, 3.63) is 76.6 Å². The van der Waals surface area contributed by atoms with Crippen LogP contribution in [0.1, 0.15) is 40.3 Å². The molecule has 0 N–H and O–H groups in total. The van der Waals surface area contributed by atoms with E-state index in [2.05, 4.69) is 20.2 Å². The molecule has 0 spiro atoms. The van der Waals surface area contributed by atoms with Crippen LogP contribution in [0, 0.1) is 13.8 Å². The Kier molecular flexibility index (Phi) is 6.36. The smallest absolute Gasteiger partial charge is 0.341 e. The Morgan fingerprint density at radius 3 is 2.53 bits per heavy atom. The zero-order chi connectivity index (χ0) is 24.5. The third-order valence-corrected chi connectivity index (χ3v) is 5.61. The Balaban J connectivity index is 1.39. The van der Waals surface area contributed by atoms with Crippen LogP contribution < -0.4 is 0 Å². The zero-order valence-electron chi connectivity index (χ0n) is 19.0. The van der Waals surface area contributed by atoms with Crippen LogP contribution in [0.4, 0.5) is 13.2 Å². The SMILES string of the molecule is Cc1nc2nc(C(F)(F)F)nn2c(C)c1CCC(=O)N(C)Cc1cnn(Cc2ccccc2)c1. The van der Waals surface area contributed by atoms with Crippen LogP contribution >= 0.6 is 0 Å². The normalized spacial score (nSPS) is 11.8. The molecule has 34 heavy (non-hydrogen) atoms. The van der Waals surface area contributed by atoms with Gasteiger partial charge in [0.2, 0.25) is 5.91 Å². The molecule has 178 valence electrons. The van der Waals surface area contributed by atoms with Crippen molar-refractivity contribution in [2.24, 2.45) is 0 Å². The van der Waals surface area contributed by atoms with E-state index in [1.54, 1.807) is 32.0 Å². The van der Waals surface area contributed by atoms with Crippen molar-refractivity contribution in [1.29, 1.82) is 0 Å². The molecule has 3 aromatic heterocycles. The van der Waals surface area contributed by atoms with Crippen LogP contribution in [0.5, 0.6) is 0 Å². The van der Waals surface area contributed by atoms with Gasteiger partial charge < -0.3 is 4.90 Å². The lowest BCUT2D eigenvalue weighted by atomic mass is 10.1. The lowest BCUT2D eigenvalue weighted by Crippen LogP contribution is -2.26. The number of carbonyl (C=O) groups excluding carboxylic acids is 1. The summed E-state index contributed by atoms with van der Waals surface area (Å²) in [5.74, 6) is -1.44. The number of aromatic nitrogens is 6. The van der Waals surface area contributed by atoms with Gasteiger partial charge in [0.25, 0.3) is 11.6 Å². The van der Waals surface area contributed by atoms with E-state index >= 15 is 0 Å². The van der Waals surface area contributed by atoms with Crippen molar-refractivity contribution in [1.82, 2.24) is 34.3 Å². The molecular formula is C23H24F3N7O. The highest BCUT2D eigenvalue weighted by atomic mass is 19.4. The van der Waals surface area contributed by atoms with E-state index in [0.717, 1.165) is 15.6 Å². The molecule has 11 heteroatoms. The van der Waals surface area contributed by atoms with Crippen molar-refractivity contribution >= 4 is 11.7 Å². The summed E-state index contributed by atoms with van der Waals surface area (Å²) < 4.78 is 41.8. The van der Waals surface area contributed by atoms with E-state index in [4.69, 9.17) is 0 Å². The van der Waals surface area contributed by atoms with E-state index in [-0.39, 0.29) is 18.1 Å². The average molecular weight is 471 g/mol. The van der Waals surface area contributed by atoms with Crippen LogP contribution in [-0.4, -0.2) is 47.2 Å². The summed E-state index contributed by atoms with van der Waals surface area (Å²) >= 11 is 0. The van der Waals surface area contributed by atoms with Gasteiger partial charge in [-0.25, -0.2) is 9.50 Å². The van der Waals surface area contributed by atoms with E-state index < -0.39 is 12.0 Å². The van der Waals surface area contributed by atoms with Gasteiger partial charge in [-0.3, -0.25) is 9.48 Å². The summed E-state index contributed by atoms with van der Waals surface area (Å²) in [5, 5.41) is 7.91. The maximum Gasteiger partial charge on any atom is 0.453 e. The molecule has 4 aromatic rings. The number of alkyl halides is 3. The quantitative estimate of drug-likeness (QED) is 0.412. The molecule has 0 aliphatic rings. The Labute approximate surface area is 194 Å². The number of aryl methyl sites for hydroxylation is 2. The predicted molar refractivity (Wildman–Crippen MR) is 118 cm³/mol. The average Bonchev–Trinajstić information content (AvgIpc) is 3.41. The number of benzene rings is 1. The number of hydrogen-bond donors (Lipinski definition) is 0. The third kappa shape index (κ3) is 5.08. The molecule has 0 saturated heterocycles. The summed E-state index contributed by atoms with van der Waals surface area (Å²) in [6.07, 6.45) is -0.488. The minimum atomic E-state index is -4.65. The van der Waals surface area contributed by atoms with Gasteiger partial charge in [-0.2, -0.15) is 23.3 Å². The number of nitrogens with zero attached hydrogens (tertiary/aromatic N) is 7. The number of hydrogen-bond acceptors (Lipinski definition) is 5. The molecule has 1 amide bonds. The molecule has 3 heterocycles. The summed E-state index contributed by atoms with van der Waals surface area (Å²) in [4.78, 5) is 22.0. The maximum atomic E-state index is 13.0. The molecule has 0 aliphatic heterocycles. The molecule has 4 rings (SSSR count). The minimum Gasteiger partial charge on any atom is -0.341 e. The number of carbonyl (C=O) groups is 1. The Hall–Kier alpha value is -3.76. The largest absolute Gasteiger partial charge is 0.453 e. The molecule has 0 atom stereocenters. The Morgan fingerprint density at radius 1 is 1.09 bits per heavy atom. The number of halogens is 3. The molecular weight excluding hydrogens is 447 g/mol. The molecule has 0 fully saturated rings. The highest BCUT2D eigenvalue weighted by Gasteiger charge is 2.37. The third-order valence-electron chi connectivity index (χ3n) is 5.61. The fraction of sp³-hybridized carbons (Fsp3) is 0.348. The van der Waals surface area contributed by atoms with Gasteiger partial charge in [-0.15, -0.1) is 5.10 Å². The highest BCUT2D eigenvalue weighted by Crippen LogP contribution is 2.27. The van der Waals surface area contributed by atoms with Crippen molar-refractivity contribution in [2.75, 3.05) is 7.05 Å². The van der Waals surface area contributed by atoms with Crippen LogP contribution in [-0.2, 0) is 30.5 Å². The van der Waals surface area contributed by atoms with E-state index in [0.29, 0.717) is 36.5 Å². The summed E-state index contributed by atoms with van der Waals surface area (Å²) in [6, 6.07) is 9.95. The maximum absolute atomic E-state index is 13.0. The molecule has 0 bridgehead atoms. The molecule has 0 radical (unpaired) electrons. The lowest BCUT2D eigenvalue weighted by Gasteiger charge is -2.17. The van der Waals surface area contributed by atoms with E-state index in [1.807, 2.05) is 41.2 Å². The van der Waals surface area contributed by atoms with E-state index in [9.17, 15) is 18.0 Å². The van der Waals surface area contributed by atoms with Gasteiger partial charge in [-0.05, 0) is 31.4 Å². The summed E-state index contributed by atoms with van der Waals surface area (Å²) in [5.41, 5.74) is 3.74. The zero-order valence-corrected chi connectivity index (χ0v) is 19.0. The first-order valence-electron chi connectivity index (χ1n) is 10.7. The highest BCUT2D eigenvalue weighted by molar-refractivity contribution is 5.76.